The van der Waals surface area contributed by atoms with Crippen LogP contribution in [-0.2, 0) is 4.79 Å². The lowest BCUT2D eigenvalue weighted by Crippen LogP contribution is -2.29. The van der Waals surface area contributed by atoms with Crippen LogP contribution in [0.3, 0.4) is 0 Å². The van der Waals surface area contributed by atoms with Crippen LogP contribution in [0.15, 0.2) is 59.6 Å². The number of halogens is 6. The molecule has 0 saturated heterocycles. The molecule has 1 saturated carbocycles. The van der Waals surface area contributed by atoms with Gasteiger partial charge in [0, 0.05) is 23.2 Å². The minimum Gasteiger partial charge on any atom is -0.326 e. The fourth-order valence-electron chi connectivity index (χ4n) is 4.71. The molecule has 184 valence electrons. The molecule has 1 aromatic heterocycles. The van der Waals surface area contributed by atoms with Crippen LogP contribution in [-0.4, -0.2) is 10.9 Å². The zero-order valence-electron chi connectivity index (χ0n) is 18.3. The maximum atomic E-state index is 13.8. The zero-order chi connectivity index (χ0) is 24.8. The van der Waals surface area contributed by atoms with E-state index in [-0.39, 0.29) is 29.4 Å². The number of amides is 1. The van der Waals surface area contributed by atoms with Crippen LogP contribution in [0.5, 0.6) is 0 Å². The van der Waals surface area contributed by atoms with Crippen molar-refractivity contribution in [3.63, 3.8) is 0 Å². The molecule has 0 bridgehead atoms. The van der Waals surface area contributed by atoms with Crippen molar-refractivity contribution in [2.45, 2.75) is 43.4 Å². The van der Waals surface area contributed by atoms with Crippen LogP contribution < -0.4 is 5.32 Å². The molecule has 1 heterocycles. The van der Waals surface area contributed by atoms with Crippen molar-refractivity contribution in [1.82, 2.24) is 4.98 Å². The monoisotopic (exact) mass is 502 g/mol. The summed E-state index contributed by atoms with van der Waals surface area (Å²) in [5.74, 6) is -1.21. The third-order valence-corrected chi connectivity index (χ3v) is 7.76. The Morgan fingerprint density at radius 2 is 1.71 bits per heavy atom. The van der Waals surface area contributed by atoms with Crippen molar-refractivity contribution >= 4 is 32.7 Å². The number of hydrogen-bond acceptors (Lipinski definition) is 2. The van der Waals surface area contributed by atoms with Gasteiger partial charge in [-0.05, 0) is 85.5 Å². The molecule has 3 aromatic rings. The van der Waals surface area contributed by atoms with E-state index in [0.29, 0.717) is 24.4 Å². The van der Waals surface area contributed by atoms with E-state index in [4.69, 9.17) is 0 Å². The van der Waals surface area contributed by atoms with Crippen molar-refractivity contribution in [2.24, 2.45) is 11.8 Å². The molecule has 4 rings (SSSR count). The Morgan fingerprint density at radius 3 is 2.38 bits per heavy atom. The molecule has 2 aromatic carbocycles. The molecule has 1 amide bonds. The van der Waals surface area contributed by atoms with Crippen molar-refractivity contribution in [1.29, 1.82) is 0 Å². The molecular weight excluding hydrogens is 478 g/mol. The lowest BCUT2D eigenvalue weighted by atomic mass is 9.73. The van der Waals surface area contributed by atoms with Gasteiger partial charge in [-0.15, -0.1) is 0 Å². The van der Waals surface area contributed by atoms with E-state index in [1.807, 2.05) is 6.07 Å². The average Bonchev–Trinajstić information content (AvgIpc) is 2.77. The van der Waals surface area contributed by atoms with E-state index < -0.39 is 26.9 Å². The highest BCUT2D eigenvalue weighted by atomic mass is 32.5. The summed E-state index contributed by atoms with van der Waals surface area (Å²) >= 11 is 0. The molecule has 0 radical (unpaired) electrons. The minimum absolute atomic E-state index is 0.0140. The van der Waals surface area contributed by atoms with Crippen LogP contribution in [0, 0.1) is 17.7 Å². The van der Waals surface area contributed by atoms with Crippen molar-refractivity contribution in [3.05, 3.63) is 66.1 Å². The first-order valence-corrected chi connectivity index (χ1v) is 12.9. The van der Waals surface area contributed by atoms with Crippen LogP contribution >= 0.6 is 10.2 Å². The molecule has 3 nitrogen and oxygen atoms in total. The Hall–Kier alpha value is -2.75. The smallest absolute Gasteiger partial charge is 0.310 e. The second-order valence-corrected chi connectivity index (χ2v) is 11.4. The summed E-state index contributed by atoms with van der Waals surface area (Å²) in [5.41, 5.74) is 1.40. The van der Waals surface area contributed by atoms with E-state index >= 15 is 0 Å². The summed E-state index contributed by atoms with van der Waals surface area (Å²) in [5, 5.41) is 3.12. The van der Waals surface area contributed by atoms with Gasteiger partial charge in [-0.1, -0.05) is 32.4 Å². The Bertz CT molecular complexity index is 1240. The van der Waals surface area contributed by atoms with Gasteiger partial charge < -0.3 is 5.32 Å². The van der Waals surface area contributed by atoms with Crippen molar-refractivity contribution in [3.8, 4) is 0 Å². The topological polar surface area (TPSA) is 42.0 Å². The Balaban J connectivity index is 1.42. The van der Waals surface area contributed by atoms with Gasteiger partial charge >= 0.3 is 10.2 Å². The van der Waals surface area contributed by atoms with Crippen LogP contribution in [0.25, 0.3) is 10.9 Å². The number of fused-ring (bicyclic) bond motifs is 1. The third kappa shape index (κ3) is 5.32. The molecular formula is C24H24F6N2OS. The zero-order valence-corrected chi connectivity index (χ0v) is 19.1. The highest BCUT2D eigenvalue weighted by molar-refractivity contribution is 8.45. The highest BCUT2D eigenvalue weighted by Gasteiger charge is 2.65. The summed E-state index contributed by atoms with van der Waals surface area (Å²) in [6.07, 6.45) is 4.61. The van der Waals surface area contributed by atoms with Gasteiger partial charge in [0.15, 0.2) is 0 Å². The highest BCUT2D eigenvalue weighted by Crippen LogP contribution is 3.02. The minimum atomic E-state index is -9.83. The number of nitrogens with zero attached hydrogens (tertiary/aromatic N) is 1. The molecule has 34 heavy (non-hydrogen) atoms. The molecule has 10 heteroatoms. The molecule has 0 spiro atoms. The van der Waals surface area contributed by atoms with Crippen LogP contribution in [0.2, 0.25) is 0 Å². The molecule has 1 N–H and O–H groups in total. The second kappa shape index (κ2) is 7.90. The fourth-order valence-corrected chi connectivity index (χ4v) is 5.40. The standard InChI is InChI=1S/C24H24F6N2OS/c1-15(24(33)32-19-3-2-4-20(14-19)34(26,27,28,29)30)16-5-7-17(8-6-16)21-11-12-31-23-10-9-18(25)13-22(21)23/h2-4,9-17H,5-8H2,1H3,(H,32,33)/t15-,16?,17?/m1/s1. The Labute approximate surface area is 193 Å². The van der Waals surface area contributed by atoms with Gasteiger partial charge in [-0.25, -0.2) is 4.39 Å². The van der Waals surface area contributed by atoms with Gasteiger partial charge in [0.05, 0.1) is 5.52 Å². The molecule has 1 fully saturated rings. The lowest BCUT2D eigenvalue weighted by Gasteiger charge is -2.40. The van der Waals surface area contributed by atoms with Crippen LogP contribution in [0.1, 0.15) is 44.1 Å². The van der Waals surface area contributed by atoms with E-state index in [1.165, 1.54) is 12.1 Å². The number of carbonyl (C=O) groups excluding carboxylic acids is 1. The predicted molar refractivity (Wildman–Crippen MR) is 122 cm³/mol. The molecule has 1 atom stereocenters. The number of nitrogens with one attached hydrogen (secondary N) is 1. The van der Waals surface area contributed by atoms with E-state index in [9.17, 15) is 28.6 Å². The number of aromatic nitrogens is 1. The average molecular weight is 503 g/mol. The fraction of sp³-hybridized carbons (Fsp3) is 0.333. The van der Waals surface area contributed by atoms with E-state index in [2.05, 4.69) is 10.3 Å². The molecule has 1 aliphatic carbocycles. The number of hydrogen-bond donors (Lipinski definition) is 1. The number of carbonyl (C=O) groups is 1. The number of rotatable bonds is 5. The first kappa shape index (κ1) is 24.4. The number of anilines is 1. The largest absolute Gasteiger partial charge is 0.326 e. The Kier molecular flexibility index (Phi) is 5.66. The lowest BCUT2D eigenvalue weighted by molar-refractivity contribution is -0.121. The van der Waals surface area contributed by atoms with E-state index in [1.54, 1.807) is 19.2 Å². The summed E-state index contributed by atoms with van der Waals surface area (Å²) in [4.78, 5) is 14.9. The Morgan fingerprint density at radius 1 is 1.00 bits per heavy atom. The second-order valence-electron chi connectivity index (χ2n) is 8.95. The quantitative estimate of drug-likeness (QED) is 0.355. The normalized spacial score (nSPS) is 22.0. The summed E-state index contributed by atoms with van der Waals surface area (Å²) < 4.78 is 79.1. The van der Waals surface area contributed by atoms with Crippen molar-refractivity contribution < 1.29 is 28.6 Å². The molecule has 0 unspecified atom stereocenters. The van der Waals surface area contributed by atoms with E-state index in [0.717, 1.165) is 35.9 Å². The molecule has 0 aliphatic heterocycles. The van der Waals surface area contributed by atoms with Gasteiger partial charge in [0.25, 0.3) is 0 Å². The summed E-state index contributed by atoms with van der Waals surface area (Å²) in [6, 6.07) is 8.94. The van der Waals surface area contributed by atoms with Gasteiger partial charge in [0.2, 0.25) is 5.91 Å². The maximum Gasteiger partial charge on any atom is 0.310 e. The first-order valence-electron chi connectivity index (χ1n) is 10.9. The predicted octanol–water partition coefficient (Wildman–Crippen LogP) is 8.58. The van der Waals surface area contributed by atoms with Crippen LogP contribution in [0.4, 0.5) is 29.5 Å². The van der Waals surface area contributed by atoms with Gasteiger partial charge in [-0.3, -0.25) is 9.78 Å². The first-order chi connectivity index (χ1) is 15.7. The maximum absolute atomic E-state index is 13.8. The van der Waals surface area contributed by atoms with Gasteiger partial charge in [-0.2, -0.15) is 0 Å². The summed E-state index contributed by atoms with van der Waals surface area (Å²) in [6.45, 7) is 1.69. The number of benzene rings is 2. The molecule has 1 aliphatic rings. The third-order valence-electron chi connectivity index (χ3n) is 6.62. The number of pyridine rings is 1. The summed E-state index contributed by atoms with van der Waals surface area (Å²) in [7, 11) is -9.83. The van der Waals surface area contributed by atoms with Crippen molar-refractivity contribution in [2.75, 3.05) is 5.32 Å². The SMILES string of the molecule is C[C@@H](C(=O)Nc1cccc(S(F)(F)(F)(F)F)c1)C1CCC(c2ccnc3ccc(F)cc23)CC1. The van der Waals surface area contributed by atoms with Gasteiger partial charge in [0.1, 0.15) is 10.7 Å².